The van der Waals surface area contributed by atoms with Gasteiger partial charge in [-0.05, 0) is 32.4 Å². The molecule has 0 saturated heterocycles. The van der Waals surface area contributed by atoms with Gasteiger partial charge in [0.25, 0.3) is 0 Å². The Bertz CT molecular complexity index is 355. The molecular weight excluding hydrogens is 220 g/mol. The maximum absolute atomic E-state index is 11.5. The van der Waals surface area contributed by atoms with Crippen LogP contribution in [-0.4, -0.2) is 14.4 Å². The summed E-state index contributed by atoms with van der Waals surface area (Å²) >= 11 is 5.84. The highest BCUT2D eigenvalue weighted by Gasteiger charge is 2.08. The SMILES string of the molecule is Cc1cnc(Cl)c(NS(=O)C(C)C)c1. The number of hydrogen-bond acceptors (Lipinski definition) is 2. The fourth-order valence-corrected chi connectivity index (χ4v) is 1.66. The van der Waals surface area contributed by atoms with Gasteiger partial charge in [0.05, 0.1) is 5.69 Å². The number of pyridine rings is 1. The van der Waals surface area contributed by atoms with Crippen LogP contribution in [0.15, 0.2) is 12.3 Å². The second-order valence-electron chi connectivity index (χ2n) is 3.30. The monoisotopic (exact) mass is 232 g/mol. The highest BCUT2D eigenvalue weighted by Crippen LogP contribution is 2.20. The van der Waals surface area contributed by atoms with Crippen LogP contribution < -0.4 is 4.72 Å². The number of rotatable bonds is 3. The van der Waals surface area contributed by atoms with Crippen molar-refractivity contribution in [2.45, 2.75) is 26.0 Å². The molecule has 3 nitrogen and oxygen atoms in total. The van der Waals surface area contributed by atoms with Crippen molar-refractivity contribution >= 4 is 28.3 Å². The zero-order valence-electron chi connectivity index (χ0n) is 8.37. The van der Waals surface area contributed by atoms with Gasteiger partial charge in [-0.1, -0.05) is 11.6 Å². The molecule has 1 unspecified atom stereocenters. The van der Waals surface area contributed by atoms with Gasteiger partial charge in [-0.25, -0.2) is 9.19 Å². The summed E-state index contributed by atoms with van der Waals surface area (Å²) in [6.07, 6.45) is 1.67. The van der Waals surface area contributed by atoms with E-state index in [-0.39, 0.29) is 5.25 Å². The van der Waals surface area contributed by atoms with Gasteiger partial charge in [-0.15, -0.1) is 0 Å². The molecule has 0 aliphatic heterocycles. The van der Waals surface area contributed by atoms with E-state index in [2.05, 4.69) is 9.71 Å². The molecule has 0 radical (unpaired) electrons. The Morgan fingerprint density at radius 3 is 2.79 bits per heavy atom. The van der Waals surface area contributed by atoms with Crippen LogP contribution in [-0.2, 0) is 11.0 Å². The van der Waals surface area contributed by atoms with E-state index in [9.17, 15) is 4.21 Å². The van der Waals surface area contributed by atoms with Gasteiger partial charge in [0.15, 0.2) is 5.15 Å². The highest BCUT2D eigenvalue weighted by atomic mass is 35.5. The lowest BCUT2D eigenvalue weighted by Gasteiger charge is -2.09. The summed E-state index contributed by atoms with van der Waals surface area (Å²) in [4.78, 5) is 3.96. The molecular formula is C9H13ClN2OS. The van der Waals surface area contributed by atoms with Gasteiger partial charge in [-0.3, -0.25) is 0 Å². The molecule has 0 bridgehead atoms. The van der Waals surface area contributed by atoms with E-state index in [1.54, 1.807) is 6.20 Å². The second-order valence-corrected chi connectivity index (χ2v) is 5.40. The fraction of sp³-hybridized carbons (Fsp3) is 0.444. The summed E-state index contributed by atoms with van der Waals surface area (Å²) in [5.41, 5.74) is 1.61. The molecule has 0 aromatic carbocycles. The molecule has 78 valence electrons. The maximum Gasteiger partial charge on any atom is 0.152 e. The van der Waals surface area contributed by atoms with Gasteiger partial charge >= 0.3 is 0 Å². The van der Waals surface area contributed by atoms with Crippen LogP contribution >= 0.6 is 11.6 Å². The molecule has 14 heavy (non-hydrogen) atoms. The molecule has 1 N–H and O–H groups in total. The maximum atomic E-state index is 11.5. The third kappa shape index (κ3) is 2.96. The van der Waals surface area contributed by atoms with Gasteiger partial charge in [-0.2, -0.15) is 0 Å². The lowest BCUT2D eigenvalue weighted by Crippen LogP contribution is -2.15. The van der Waals surface area contributed by atoms with E-state index in [0.717, 1.165) is 5.56 Å². The lowest BCUT2D eigenvalue weighted by atomic mass is 10.3. The molecule has 1 rings (SSSR count). The summed E-state index contributed by atoms with van der Waals surface area (Å²) in [6, 6.07) is 1.83. The highest BCUT2D eigenvalue weighted by molar-refractivity contribution is 7.86. The predicted molar refractivity (Wildman–Crippen MR) is 60.9 cm³/mol. The third-order valence-electron chi connectivity index (χ3n) is 1.61. The predicted octanol–water partition coefficient (Wildman–Crippen LogP) is 2.53. The number of anilines is 1. The largest absolute Gasteiger partial charge is 0.302 e. The number of hydrogen-bond donors (Lipinski definition) is 1. The van der Waals surface area contributed by atoms with Crippen molar-refractivity contribution in [1.29, 1.82) is 0 Å². The molecule has 0 saturated carbocycles. The zero-order chi connectivity index (χ0) is 10.7. The summed E-state index contributed by atoms with van der Waals surface area (Å²) in [6.45, 7) is 5.66. The van der Waals surface area contributed by atoms with Crippen molar-refractivity contribution in [3.63, 3.8) is 0 Å². The summed E-state index contributed by atoms with van der Waals surface area (Å²) in [7, 11) is -1.12. The van der Waals surface area contributed by atoms with Crippen LogP contribution in [0.4, 0.5) is 5.69 Å². The minimum absolute atomic E-state index is 0.0478. The topological polar surface area (TPSA) is 42.0 Å². The minimum atomic E-state index is -1.12. The number of nitrogens with one attached hydrogen (secondary N) is 1. The van der Waals surface area contributed by atoms with E-state index in [0.29, 0.717) is 10.8 Å². The summed E-state index contributed by atoms with van der Waals surface area (Å²) in [5.74, 6) is 0. The van der Waals surface area contributed by atoms with Crippen LogP contribution in [0, 0.1) is 6.92 Å². The Balaban J connectivity index is 2.86. The molecule has 1 aromatic heterocycles. The van der Waals surface area contributed by atoms with Crippen molar-refractivity contribution in [3.8, 4) is 0 Å². The zero-order valence-corrected chi connectivity index (χ0v) is 9.95. The Kier molecular flexibility index (Phi) is 3.89. The van der Waals surface area contributed by atoms with Crippen molar-refractivity contribution < 1.29 is 4.21 Å². The first-order valence-electron chi connectivity index (χ1n) is 4.30. The Hall–Kier alpha value is -0.610. The van der Waals surface area contributed by atoms with E-state index < -0.39 is 11.0 Å². The minimum Gasteiger partial charge on any atom is -0.302 e. The van der Waals surface area contributed by atoms with Gasteiger partial charge in [0.1, 0.15) is 11.0 Å². The first-order valence-corrected chi connectivity index (χ1v) is 5.89. The normalized spacial score (nSPS) is 12.9. The van der Waals surface area contributed by atoms with E-state index in [1.165, 1.54) is 0 Å². The van der Waals surface area contributed by atoms with Crippen LogP contribution in [0.1, 0.15) is 19.4 Å². The Morgan fingerprint density at radius 1 is 1.57 bits per heavy atom. The standard InChI is InChI=1S/C9H13ClN2OS/c1-6(2)14(13)12-8-4-7(3)5-11-9(8)10/h4-6,12H,1-3H3. The fourth-order valence-electron chi connectivity index (χ4n) is 0.850. The molecule has 0 aliphatic carbocycles. The number of aryl methyl sites for hydroxylation is 1. The van der Waals surface area contributed by atoms with Gasteiger partial charge < -0.3 is 4.72 Å². The summed E-state index contributed by atoms with van der Waals surface area (Å²) < 4.78 is 14.3. The second kappa shape index (κ2) is 4.75. The Morgan fingerprint density at radius 2 is 2.21 bits per heavy atom. The average molecular weight is 233 g/mol. The number of nitrogens with zero attached hydrogens (tertiary/aromatic N) is 1. The molecule has 1 heterocycles. The molecule has 0 amide bonds. The molecule has 0 spiro atoms. The lowest BCUT2D eigenvalue weighted by molar-refractivity contribution is 0.680. The van der Waals surface area contributed by atoms with Crippen LogP contribution in [0.25, 0.3) is 0 Å². The average Bonchev–Trinajstić information content (AvgIpc) is 2.11. The van der Waals surface area contributed by atoms with E-state index >= 15 is 0 Å². The van der Waals surface area contributed by atoms with Crippen molar-refractivity contribution in [2.75, 3.05) is 4.72 Å². The third-order valence-corrected chi connectivity index (χ3v) is 3.19. The molecule has 1 aromatic rings. The molecule has 0 aliphatic rings. The van der Waals surface area contributed by atoms with Crippen LogP contribution in [0.2, 0.25) is 5.15 Å². The molecule has 5 heteroatoms. The number of aromatic nitrogens is 1. The van der Waals surface area contributed by atoms with Gasteiger partial charge in [0.2, 0.25) is 0 Å². The van der Waals surface area contributed by atoms with E-state index in [1.807, 2.05) is 26.8 Å². The smallest absolute Gasteiger partial charge is 0.152 e. The van der Waals surface area contributed by atoms with Crippen LogP contribution in [0.5, 0.6) is 0 Å². The van der Waals surface area contributed by atoms with Crippen molar-refractivity contribution in [2.24, 2.45) is 0 Å². The first-order chi connectivity index (χ1) is 6.50. The number of halogens is 1. The van der Waals surface area contributed by atoms with Crippen LogP contribution in [0.3, 0.4) is 0 Å². The Labute approximate surface area is 91.5 Å². The summed E-state index contributed by atoms with van der Waals surface area (Å²) in [5, 5.41) is 0.399. The van der Waals surface area contributed by atoms with E-state index in [4.69, 9.17) is 11.6 Å². The van der Waals surface area contributed by atoms with Crippen molar-refractivity contribution in [3.05, 3.63) is 23.0 Å². The first kappa shape index (κ1) is 11.5. The van der Waals surface area contributed by atoms with Crippen molar-refractivity contribution in [1.82, 2.24) is 4.98 Å². The quantitative estimate of drug-likeness (QED) is 0.814. The van der Waals surface area contributed by atoms with Gasteiger partial charge in [0, 0.05) is 11.4 Å². The molecule has 0 fully saturated rings. The molecule has 1 atom stereocenters.